The Morgan fingerprint density at radius 2 is 2.06 bits per heavy atom. The topological polar surface area (TPSA) is 82.3 Å². The first kappa shape index (κ1) is 12.8. The number of hydrogen-bond donors (Lipinski definition) is 1. The molecule has 2 N–H and O–H groups in total. The molecule has 1 heterocycles. The predicted molar refractivity (Wildman–Crippen MR) is 51.9 cm³/mol. The molecule has 0 saturated heterocycles. The number of nitrogens with two attached hydrogens (primary N) is 1. The highest BCUT2D eigenvalue weighted by Gasteiger charge is 2.25. The second-order valence-electron chi connectivity index (χ2n) is 3.04. The zero-order chi connectivity index (χ0) is 12.5. The van der Waals surface area contributed by atoms with E-state index in [0.717, 1.165) is 13.2 Å². The van der Waals surface area contributed by atoms with E-state index in [0.29, 0.717) is 0 Å². The van der Waals surface area contributed by atoms with Crippen LogP contribution >= 0.6 is 0 Å². The molecule has 0 amide bonds. The number of nitrogens with zero attached hydrogens (tertiary/aromatic N) is 1. The molecule has 16 heavy (non-hydrogen) atoms. The van der Waals surface area contributed by atoms with Crippen LogP contribution in [0.5, 0.6) is 5.75 Å². The third-order valence-electron chi connectivity index (χ3n) is 1.81. The number of pyridine rings is 1. The Hall–Kier alpha value is -1.28. The van der Waals surface area contributed by atoms with Crippen molar-refractivity contribution in [2.24, 2.45) is 5.14 Å². The lowest BCUT2D eigenvalue weighted by Crippen LogP contribution is -2.17. The molecule has 1 aromatic heterocycles. The largest absolute Gasteiger partial charge is 0.493 e. The summed E-state index contributed by atoms with van der Waals surface area (Å²) in [5.41, 5.74) is -0.417. The summed E-state index contributed by atoms with van der Waals surface area (Å²) in [5.74, 6) is -0.511. The molecule has 0 aliphatic carbocycles. The van der Waals surface area contributed by atoms with Gasteiger partial charge in [0.2, 0.25) is 5.03 Å². The molecule has 8 heteroatoms. The minimum atomic E-state index is -4.19. The minimum Gasteiger partial charge on any atom is -0.493 e. The van der Waals surface area contributed by atoms with Gasteiger partial charge in [0.05, 0.1) is 12.7 Å². The van der Waals surface area contributed by atoms with Crippen LogP contribution in [0.1, 0.15) is 17.7 Å². The lowest BCUT2D eigenvalue weighted by molar-refractivity contribution is 0.146. The Bertz CT molecular complexity index is 502. The van der Waals surface area contributed by atoms with Gasteiger partial charge in [-0.15, -0.1) is 0 Å². The number of alkyl halides is 2. The van der Waals surface area contributed by atoms with Gasteiger partial charge in [0.1, 0.15) is 0 Å². The van der Waals surface area contributed by atoms with Crippen LogP contribution in [0.2, 0.25) is 0 Å². The smallest absolute Gasteiger partial charge is 0.267 e. The fourth-order valence-electron chi connectivity index (χ4n) is 1.22. The van der Waals surface area contributed by atoms with Crippen LogP contribution in [0.15, 0.2) is 11.1 Å². The molecule has 0 aliphatic rings. The van der Waals surface area contributed by atoms with Crippen LogP contribution in [0, 0.1) is 6.92 Å². The van der Waals surface area contributed by atoms with Gasteiger partial charge in [-0.3, -0.25) is 0 Å². The molecule has 0 unspecified atom stereocenters. The third kappa shape index (κ3) is 2.45. The van der Waals surface area contributed by atoms with E-state index < -0.39 is 32.8 Å². The highest BCUT2D eigenvalue weighted by atomic mass is 32.2. The lowest BCUT2D eigenvalue weighted by atomic mass is 10.2. The fraction of sp³-hybridized carbons (Fsp3) is 0.375. The number of aryl methyl sites for hydroxylation is 1. The summed E-state index contributed by atoms with van der Waals surface area (Å²) in [4.78, 5) is 3.59. The predicted octanol–water partition coefficient (Wildman–Crippen LogP) is 0.984. The normalized spacial score (nSPS) is 11.9. The summed E-state index contributed by atoms with van der Waals surface area (Å²) in [6.07, 6.45) is -2.86. The van der Waals surface area contributed by atoms with Crippen LogP contribution in [-0.2, 0) is 10.0 Å². The first-order chi connectivity index (χ1) is 7.27. The molecule has 0 radical (unpaired) electrons. The Balaban J connectivity index is 3.62. The Morgan fingerprint density at radius 3 is 2.44 bits per heavy atom. The van der Waals surface area contributed by atoms with Crippen LogP contribution in [-0.4, -0.2) is 20.5 Å². The van der Waals surface area contributed by atoms with Crippen molar-refractivity contribution < 1.29 is 21.9 Å². The standard InChI is InChI=1S/C8H10F2N2O3S/c1-4-3-5(7(9)10)6(15-2)8(12-4)16(11,13)14/h3,7H,1-2H3,(H2,11,13,14). The highest BCUT2D eigenvalue weighted by Crippen LogP contribution is 2.33. The number of primary sulfonamides is 1. The molecular weight excluding hydrogens is 242 g/mol. The number of hydrogen-bond acceptors (Lipinski definition) is 4. The summed E-state index contributed by atoms with van der Waals surface area (Å²) in [6, 6.07) is 1.05. The molecule has 1 aromatic rings. The zero-order valence-corrected chi connectivity index (χ0v) is 9.38. The Morgan fingerprint density at radius 1 is 1.50 bits per heavy atom. The van der Waals surface area contributed by atoms with Gasteiger partial charge < -0.3 is 4.74 Å². The number of ether oxygens (including phenoxy) is 1. The van der Waals surface area contributed by atoms with Crippen LogP contribution in [0.4, 0.5) is 8.78 Å². The average Bonchev–Trinajstić information content (AvgIpc) is 2.14. The van der Waals surface area contributed by atoms with E-state index in [1.165, 1.54) is 6.92 Å². The quantitative estimate of drug-likeness (QED) is 0.869. The monoisotopic (exact) mass is 252 g/mol. The molecule has 0 bridgehead atoms. The van der Waals surface area contributed by atoms with Gasteiger partial charge in [-0.05, 0) is 13.0 Å². The number of rotatable bonds is 3. The second kappa shape index (κ2) is 4.30. The van der Waals surface area contributed by atoms with Crippen molar-refractivity contribution in [2.75, 3.05) is 7.11 Å². The molecule has 1 rings (SSSR count). The molecular formula is C8H10F2N2O3S. The minimum absolute atomic E-state index is 0.125. The molecule has 0 atom stereocenters. The van der Waals surface area contributed by atoms with Crippen molar-refractivity contribution in [1.29, 1.82) is 0 Å². The first-order valence-corrected chi connectivity index (χ1v) is 5.68. The summed E-state index contributed by atoms with van der Waals surface area (Å²) < 4.78 is 52.1. The molecule has 5 nitrogen and oxygen atoms in total. The molecule has 90 valence electrons. The van der Waals surface area contributed by atoms with E-state index in [1.54, 1.807) is 0 Å². The molecule has 0 fully saturated rings. The van der Waals surface area contributed by atoms with Crippen molar-refractivity contribution in [3.05, 3.63) is 17.3 Å². The van der Waals surface area contributed by atoms with Gasteiger partial charge >= 0.3 is 0 Å². The van der Waals surface area contributed by atoms with Crippen LogP contribution < -0.4 is 9.88 Å². The molecule has 0 saturated carbocycles. The SMILES string of the molecule is COc1c(C(F)F)cc(C)nc1S(N)(=O)=O. The maximum absolute atomic E-state index is 12.6. The number of sulfonamides is 1. The van der Waals surface area contributed by atoms with Crippen molar-refractivity contribution in [3.63, 3.8) is 0 Å². The van der Waals surface area contributed by atoms with Gasteiger partial charge in [0.15, 0.2) is 5.75 Å². The van der Waals surface area contributed by atoms with Crippen LogP contribution in [0.3, 0.4) is 0 Å². The Labute approximate surface area is 91.3 Å². The second-order valence-corrected chi connectivity index (χ2v) is 4.51. The van der Waals surface area contributed by atoms with E-state index in [-0.39, 0.29) is 5.69 Å². The third-order valence-corrected chi connectivity index (χ3v) is 2.62. The molecule has 0 spiro atoms. The van der Waals surface area contributed by atoms with Gasteiger partial charge in [0.25, 0.3) is 16.4 Å². The van der Waals surface area contributed by atoms with Gasteiger partial charge in [-0.1, -0.05) is 0 Å². The van der Waals surface area contributed by atoms with Crippen LogP contribution in [0.25, 0.3) is 0 Å². The zero-order valence-electron chi connectivity index (χ0n) is 8.57. The summed E-state index contributed by atoms with van der Waals surface area (Å²) >= 11 is 0. The van der Waals surface area contributed by atoms with E-state index in [4.69, 9.17) is 5.14 Å². The number of halogens is 2. The number of methoxy groups -OCH3 is 1. The summed E-state index contributed by atoms with van der Waals surface area (Å²) in [6.45, 7) is 1.39. The van der Waals surface area contributed by atoms with Gasteiger partial charge in [-0.2, -0.15) is 0 Å². The first-order valence-electron chi connectivity index (χ1n) is 4.14. The summed E-state index contributed by atoms with van der Waals surface area (Å²) in [5, 5.41) is 4.18. The number of aromatic nitrogens is 1. The van der Waals surface area contributed by atoms with Gasteiger partial charge in [0, 0.05) is 5.69 Å². The highest BCUT2D eigenvalue weighted by molar-refractivity contribution is 7.89. The van der Waals surface area contributed by atoms with Crippen molar-refractivity contribution in [1.82, 2.24) is 4.98 Å². The molecule has 0 aliphatic heterocycles. The van der Waals surface area contributed by atoms with E-state index in [2.05, 4.69) is 9.72 Å². The lowest BCUT2D eigenvalue weighted by Gasteiger charge is -2.11. The van der Waals surface area contributed by atoms with Gasteiger partial charge in [-0.25, -0.2) is 27.3 Å². The maximum Gasteiger partial charge on any atom is 0.267 e. The Kier molecular flexibility index (Phi) is 3.44. The van der Waals surface area contributed by atoms with Crippen molar-refractivity contribution >= 4 is 10.0 Å². The van der Waals surface area contributed by atoms with E-state index in [9.17, 15) is 17.2 Å². The fourth-order valence-corrected chi connectivity index (χ4v) is 1.95. The van der Waals surface area contributed by atoms with Crippen molar-refractivity contribution in [2.45, 2.75) is 18.4 Å². The van der Waals surface area contributed by atoms with E-state index in [1.807, 2.05) is 0 Å². The average molecular weight is 252 g/mol. The van der Waals surface area contributed by atoms with E-state index >= 15 is 0 Å². The maximum atomic E-state index is 12.6. The van der Waals surface area contributed by atoms with Crippen molar-refractivity contribution in [3.8, 4) is 5.75 Å². The summed E-state index contributed by atoms with van der Waals surface area (Å²) in [7, 11) is -3.12. The molecule has 0 aromatic carbocycles.